The molecule has 0 saturated carbocycles. The number of carbonyl (C=O) groups excluding carboxylic acids is 1. The lowest BCUT2D eigenvalue weighted by Crippen LogP contribution is -2.34. The minimum atomic E-state index is -0.0654. The Balaban J connectivity index is 2.45. The van der Waals surface area contributed by atoms with Crippen molar-refractivity contribution in [2.45, 2.75) is 39.7 Å². The third kappa shape index (κ3) is 4.49. The summed E-state index contributed by atoms with van der Waals surface area (Å²) in [6, 6.07) is 8.42. The van der Waals surface area contributed by atoms with Crippen molar-refractivity contribution in [3.8, 4) is 0 Å². The number of amides is 1. The molecule has 0 bridgehead atoms. The zero-order valence-corrected chi connectivity index (χ0v) is 11.4. The van der Waals surface area contributed by atoms with E-state index in [2.05, 4.69) is 36.5 Å². The van der Waals surface area contributed by atoms with Gasteiger partial charge in [0.05, 0.1) is 0 Å². The van der Waals surface area contributed by atoms with Crippen LogP contribution in [0.5, 0.6) is 0 Å². The number of hydrogen-bond acceptors (Lipinski definition) is 2. The Hall–Kier alpha value is -1.35. The monoisotopic (exact) mass is 248 g/mol. The summed E-state index contributed by atoms with van der Waals surface area (Å²) < 4.78 is 0. The molecule has 3 N–H and O–H groups in total. The average Bonchev–Trinajstić information content (AvgIpc) is 2.40. The molecule has 1 aromatic carbocycles. The van der Waals surface area contributed by atoms with Gasteiger partial charge in [-0.3, -0.25) is 4.79 Å². The summed E-state index contributed by atoms with van der Waals surface area (Å²) in [5.74, 6) is -0.0120. The van der Waals surface area contributed by atoms with Crippen molar-refractivity contribution in [3.05, 3.63) is 35.4 Å². The lowest BCUT2D eigenvalue weighted by atomic mass is 10.1. The van der Waals surface area contributed by atoms with E-state index in [-0.39, 0.29) is 11.8 Å². The van der Waals surface area contributed by atoms with Gasteiger partial charge in [0.15, 0.2) is 0 Å². The zero-order chi connectivity index (χ0) is 13.4. The normalized spacial score (nSPS) is 12.2. The van der Waals surface area contributed by atoms with E-state index < -0.39 is 0 Å². The molecule has 0 fully saturated rings. The van der Waals surface area contributed by atoms with Crippen molar-refractivity contribution >= 4 is 5.91 Å². The van der Waals surface area contributed by atoms with Crippen LogP contribution in [0.4, 0.5) is 0 Å². The topological polar surface area (TPSA) is 55.1 Å². The second-order valence-corrected chi connectivity index (χ2v) is 4.63. The Morgan fingerprint density at radius 3 is 2.33 bits per heavy atom. The van der Waals surface area contributed by atoms with Crippen LogP contribution in [0.2, 0.25) is 0 Å². The Morgan fingerprint density at radius 2 is 1.83 bits per heavy atom. The number of benzene rings is 1. The van der Waals surface area contributed by atoms with Crippen molar-refractivity contribution in [2.24, 2.45) is 11.7 Å². The molecule has 18 heavy (non-hydrogen) atoms. The molecule has 0 radical (unpaired) electrons. The first kappa shape index (κ1) is 14.7. The first-order valence-corrected chi connectivity index (χ1v) is 6.76. The van der Waals surface area contributed by atoms with Gasteiger partial charge >= 0.3 is 0 Å². The molecule has 1 atom stereocenters. The van der Waals surface area contributed by atoms with Crippen LogP contribution < -0.4 is 11.1 Å². The van der Waals surface area contributed by atoms with Crippen molar-refractivity contribution < 1.29 is 4.79 Å². The van der Waals surface area contributed by atoms with Gasteiger partial charge in [0.1, 0.15) is 0 Å². The fraction of sp³-hybridized carbons (Fsp3) is 0.533. The number of carbonyl (C=O) groups is 1. The van der Waals surface area contributed by atoms with E-state index in [9.17, 15) is 4.79 Å². The van der Waals surface area contributed by atoms with Gasteiger partial charge in [-0.15, -0.1) is 0 Å². The van der Waals surface area contributed by atoms with Gasteiger partial charge in [-0.25, -0.2) is 0 Å². The van der Waals surface area contributed by atoms with E-state index >= 15 is 0 Å². The summed E-state index contributed by atoms with van der Waals surface area (Å²) >= 11 is 0. The van der Waals surface area contributed by atoms with E-state index in [0.29, 0.717) is 13.1 Å². The SMILES string of the molecule is CCCc1ccc(CNC(=O)C(CC)CN)cc1. The van der Waals surface area contributed by atoms with Crippen molar-refractivity contribution in [3.63, 3.8) is 0 Å². The molecule has 0 aliphatic rings. The van der Waals surface area contributed by atoms with Gasteiger partial charge in [0, 0.05) is 19.0 Å². The molecule has 3 nitrogen and oxygen atoms in total. The summed E-state index contributed by atoms with van der Waals surface area (Å²) in [5, 5.41) is 2.93. The second-order valence-electron chi connectivity index (χ2n) is 4.63. The molecule has 0 aliphatic heterocycles. The molecule has 0 spiro atoms. The van der Waals surface area contributed by atoms with Crippen LogP contribution in [-0.4, -0.2) is 12.5 Å². The van der Waals surface area contributed by atoms with Crippen LogP contribution in [0.15, 0.2) is 24.3 Å². The third-order valence-corrected chi connectivity index (χ3v) is 3.18. The number of rotatable bonds is 7. The largest absolute Gasteiger partial charge is 0.352 e. The molecule has 0 saturated heterocycles. The first-order chi connectivity index (χ1) is 8.71. The molecule has 3 heteroatoms. The Bertz CT molecular complexity index is 355. The molecule has 1 amide bonds. The van der Waals surface area contributed by atoms with Crippen LogP contribution in [0.1, 0.15) is 37.8 Å². The highest BCUT2D eigenvalue weighted by Crippen LogP contribution is 2.07. The highest BCUT2D eigenvalue weighted by atomic mass is 16.1. The number of aryl methyl sites for hydroxylation is 1. The van der Waals surface area contributed by atoms with Gasteiger partial charge in [-0.05, 0) is 24.0 Å². The predicted octanol–water partition coefficient (Wildman–Crippen LogP) is 2.24. The summed E-state index contributed by atoms with van der Waals surface area (Å²) in [7, 11) is 0. The summed E-state index contributed by atoms with van der Waals surface area (Å²) in [4.78, 5) is 11.8. The van der Waals surface area contributed by atoms with Gasteiger partial charge in [-0.2, -0.15) is 0 Å². The molecule has 1 unspecified atom stereocenters. The highest BCUT2D eigenvalue weighted by Gasteiger charge is 2.13. The predicted molar refractivity (Wildman–Crippen MR) is 75.1 cm³/mol. The molecule has 0 aliphatic carbocycles. The molecular formula is C15H24N2O. The fourth-order valence-electron chi connectivity index (χ4n) is 1.91. The van der Waals surface area contributed by atoms with Crippen LogP contribution in [-0.2, 0) is 17.8 Å². The number of nitrogens with two attached hydrogens (primary N) is 1. The molecule has 1 aromatic rings. The highest BCUT2D eigenvalue weighted by molar-refractivity contribution is 5.78. The lowest BCUT2D eigenvalue weighted by molar-refractivity contribution is -0.124. The summed E-state index contributed by atoms with van der Waals surface area (Å²) in [6.07, 6.45) is 3.06. The molecular weight excluding hydrogens is 224 g/mol. The van der Waals surface area contributed by atoms with Gasteiger partial charge < -0.3 is 11.1 Å². The van der Waals surface area contributed by atoms with E-state index in [1.807, 2.05) is 6.92 Å². The first-order valence-electron chi connectivity index (χ1n) is 6.76. The van der Waals surface area contributed by atoms with Crippen molar-refractivity contribution in [2.75, 3.05) is 6.54 Å². The van der Waals surface area contributed by atoms with Crippen LogP contribution in [0.3, 0.4) is 0 Å². The maximum Gasteiger partial charge on any atom is 0.224 e. The lowest BCUT2D eigenvalue weighted by Gasteiger charge is -2.12. The quantitative estimate of drug-likeness (QED) is 0.777. The Kier molecular flexibility index (Phi) is 6.44. The maximum absolute atomic E-state index is 11.8. The minimum absolute atomic E-state index is 0.0534. The third-order valence-electron chi connectivity index (χ3n) is 3.18. The average molecular weight is 248 g/mol. The minimum Gasteiger partial charge on any atom is -0.352 e. The van der Waals surface area contributed by atoms with E-state index in [0.717, 1.165) is 24.8 Å². The van der Waals surface area contributed by atoms with E-state index in [1.165, 1.54) is 5.56 Å². The van der Waals surface area contributed by atoms with Crippen molar-refractivity contribution in [1.82, 2.24) is 5.32 Å². The Morgan fingerprint density at radius 1 is 1.22 bits per heavy atom. The summed E-state index contributed by atoms with van der Waals surface area (Å²) in [6.45, 7) is 5.15. The number of nitrogens with one attached hydrogen (secondary N) is 1. The van der Waals surface area contributed by atoms with Gasteiger partial charge in [-0.1, -0.05) is 44.5 Å². The van der Waals surface area contributed by atoms with Crippen molar-refractivity contribution in [1.29, 1.82) is 0 Å². The number of hydrogen-bond donors (Lipinski definition) is 2. The molecule has 0 aromatic heterocycles. The zero-order valence-electron chi connectivity index (χ0n) is 11.4. The standard InChI is InChI=1S/C15H24N2O/c1-3-5-12-6-8-13(9-7-12)11-17-15(18)14(4-2)10-16/h6-9,14H,3-5,10-11,16H2,1-2H3,(H,17,18). The Labute approximate surface area is 110 Å². The van der Waals surface area contributed by atoms with E-state index in [4.69, 9.17) is 5.73 Å². The molecule has 0 heterocycles. The molecule has 100 valence electrons. The van der Waals surface area contributed by atoms with Crippen LogP contribution in [0.25, 0.3) is 0 Å². The summed E-state index contributed by atoms with van der Waals surface area (Å²) in [5.41, 5.74) is 8.03. The smallest absolute Gasteiger partial charge is 0.224 e. The van der Waals surface area contributed by atoms with Gasteiger partial charge in [0.25, 0.3) is 0 Å². The van der Waals surface area contributed by atoms with Gasteiger partial charge in [0.2, 0.25) is 5.91 Å². The van der Waals surface area contributed by atoms with Crippen LogP contribution >= 0.6 is 0 Å². The molecule has 1 rings (SSSR count). The van der Waals surface area contributed by atoms with E-state index in [1.54, 1.807) is 0 Å². The van der Waals surface area contributed by atoms with Crippen LogP contribution in [0, 0.1) is 5.92 Å². The second kappa shape index (κ2) is 7.88. The fourth-order valence-corrected chi connectivity index (χ4v) is 1.91. The maximum atomic E-state index is 11.8.